The first-order valence-electron chi connectivity index (χ1n) is 6.88. The van der Waals surface area contributed by atoms with Gasteiger partial charge < -0.3 is 10.1 Å². The molecule has 1 heterocycles. The molecule has 1 aliphatic heterocycles. The van der Waals surface area contributed by atoms with Crippen molar-refractivity contribution in [2.75, 3.05) is 59.5 Å². The number of nitrogens with zero attached hydrogens (tertiary/aromatic N) is 2. The monoisotopic (exact) mass is 255 g/mol. The molecule has 0 aliphatic carbocycles. The van der Waals surface area contributed by atoms with E-state index in [0.717, 1.165) is 52.4 Å². The summed E-state index contributed by atoms with van der Waals surface area (Å²) < 4.78 is 5.18. The second kappa shape index (κ2) is 7.89. The van der Waals surface area contributed by atoms with Gasteiger partial charge >= 0.3 is 0 Å². The molecule has 0 aromatic carbocycles. The van der Waals surface area contributed by atoms with Gasteiger partial charge in [0, 0.05) is 58.5 Å². The van der Waals surface area contributed by atoms with Crippen molar-refractivity contribution in [1.82, 2.24) is 15.1 Å². The van der Waals surface area contributed by atoms with E-state index in [1.165, 1.54) is 0 Å². The maximum Gasteiger partial charge on any atom is 0.0589 e. The largest absolute Gasteiger partial charge is 0.383 e. The van der Waals surface area contributed by atoms with Crippen molar-refractivity contribution in [3.8, 4) is 0 Å². The minimum absolute atomic E-state index is 0.207. The molecule has 0 atom stereocenters. The summed E-state index contributed by atoms with van der Waals surface area (Å²) in [6.45, 7) is 16.7. The topological polar surface area (TPSA) is 27.7 Å². The predicted molar refractivity (Wildman–Crippen MR) is 77.0 cm³/mol. The molecule has 1 aliphatic rings. The molecule has 1 rings (SSSR count). The number of methoxy groups -OCH3 is 1. The summed E-state index contributed by atoms with van der Waals surface area (Å²) in [6.07, 6.45) is 1.98. The number of hydrogen-bond acceptors (Lipinski definition) is 4. The molecule has 18 heavy (non-hydrogen) atoms. The predicted octanol–water partition coefficient (Wildman–Crippen LogP) is 0.805. The van der Waals surface area contributed by atoms with Crippen molar-refractivity contribution in [3.05, 3.63) is 12.7 Å². The lowest BCUT2D eigenvalue weighted by molar-refractivity contribution is 0.0568. The zero-order chi connectivity index (χ0) is 13.4. The van der Waals surface area contributed by atoms with Gasteiger partial charge in [0.05, 0.1) is 6.61 Å². The minimum Gasteiger partial charge on any atom is -0.383 e. The first kappa shape index (κ1) is 15.6. The molecule has 4 nitrogen and oxygen atoms in total. The summed E-state index contributed by atoms with van der Waals surface area (Å²) >= 11 is 0. The molecule has 0 saturated carbocycles. The average Bonchev–Trinajstić information content (AvgIpc) is 2.37. The van der Waals surface area contributed by atoms with Crippen LogP contribution in [0, 0.1) is 0 Å². The maximum absolute atomic E-state index is 5.18. The lowest BCUT2D eigenvalue weighted by Gasteiger charge is -2.43. The highest BCUT2D eigenvalue weighted by molar-refractivity contribution is 4.89. The van der Waals surface area contributed by atoms with Gasteiger partial charge in [0.1, 0.15) is 0 Å². The van der Waals surface area contributed by atoms with Crippen LogP contribution in [0.3, 0.4) is 0 Å². The van der Waals surface area contributed by atoms with E-state index in [2.05, 4.69) is 35.5 Å². The number of piperazine rings is 1. The van der Waals surface area contributed by atoms with Gasteiger partial charge in [0.15, 0.2) is 0 Å². The smallest absolute Gasteiger partial charge is 0.0589 e. The molecule has 106 valence electrons. The Kier molecular flexibility index (Phi) is 6.86. The number of nitrogens with one attached hydrogen (secondary N) is 1. The van der Waals surface area contributed by atoms with Crippen LogP contribution < -0.4 is 5.32 Å². The van der Waals surface area contributed by atoms with Gasteiger partial charge in [-0.15, -0.1) is 6.58 Å². The van der Waals surface area contributed by atoms with Gasteiger partial charge in [-0.25, -0.2) is 0 Å². The highest BCUT2D eigenvalue weighted by Gasteiger charge is 2.29. The molecule has 1 fully saturated rings. The molecular formula is C14H29N3O. The van der Waals surface area contributed by atoms with E-state index >= 15 is 0 Å². The van der Waals surface area contributed by atoms with E-state index in [0.29, 0.717) is 0 Å². The van der Waals surface area contributed by atoms with Crippen LogP contribution >= 0.6 is 0 Å². The fraction of sp³-hybridized carbons (Fsp3) is 0.857. The van der Waals surface area contributed by atoms with Crippen LogP contribution in [0.4, 0.5) is 0 Å². The van der Waals surface area contributed by atoms with Crippen molar-refractivity contribution in [2.45, 2.75) is 19.4 Å². The molecule has 0 aromatic rings. The Balaban J connectivity index is 2.50. The summed E-state index contributed by atoms with van der Waals surface area (Å²) in [5.74, 6) is 0. The highest BCUT2D eigenvalue weighted by atomic mass is 16.5. The van der Waals surface area contributed by atoms with Gasteiger partial charge in [-0.3, -0.25) is 9.80 Å². The lowest BCUT2D eigenvalue weighted by Crippen LogP contribution is -2.57. The van der Waals surface area contributed by atoms with E-state index < -0.39 is 0 Å². The van der Waals surface area contributed by atoms with Crippen LogP contribution in [0.1, 0.15) is 13.8 Å². The summed E-state index contributed by atoms with van der Waals surface area (Å²) in [5, 5.41) is 3.41. The minimum atomic E-state index is 0.207. The van der Waals surface area contributed by atoms with Crippen molar-refractivity contribution < 1.29 is 4.74 Å². The third-order valence-electron chi connectivity index (χ3n) is 3.58. The van der Waals surface area contributed by atoms with Gasteiger partial charge in [-0.05, 0) is 13.8 Å². The molecule has 0 unspecified atom stereocenters. The molecule has 4 heteroatoms. The molecule has 0 bridgehead atoms. The van der Waals surface area contributed by atoms with E-state index in [4.69, 9.17) is 4.74 Å². The Labute approximate surface area is 112 Å². The van der Waals surface area contributed by atoms with Gasteiger partial charge in [0.25, 0.3) is 0 Å². The Morgan fingerprint density at radius 1 is 1.39 bits per heavy atom. The van der Waals surface area contributed by atoms with E-state index in [9.17, 15) is 0 Å². The van der Waals surface area contributed by atoms with E-state index in [1.807, 2.05) is 6.08 Å². The summed E-state index contributed by atoms with van der Waals surface area (Å²) in [4.78, 5) is 4.99. The standard InChI is InChI=1S/C14H29N3O/c1-5-8-16(11-12-18-4)13-14(2,3)17-9-6-15-7-10-17/h5,15H,1,6-13H2,2-4H3. The zero-order valence-corrected chi connectivity index (χ0v) is 12.2. The Bertz CT molecular complexity index is 237. The number of rotatable bonds is 8. The fourth-order valence-corrected chi connectivity index (χ4v) is 2.56. The van der Waals surface area contributed by atoms with Gasteiger partial charge in [-0.2, -0.15) is 0 Å². The summed E-state index contributed by atoms with van der Waals surface area (Å²) in [7, 11) is 1.76. The Morgan fingerprint density at radius 2 is 2.06 bits per heavy atom. The average molecular weight is 255 g/mol. The number of hydrogen-bond donors (Lipinski definition) is 1. The highest BCUT2D eigenvalue weighted by Crippen LogP contribution is 2.16. The van der Waals surface area contributed by atoms with Crippen LogP contribution in [-0.4, -0.2) is 74.9 Å². The molecule has 0 radical (unpaired) electrons. The Morgan fingerprint density at radius 3 is 2.61 bits per heavy atom. The first-order valence-corrected chi connectivity index (χ1v) is 6.88. The van der Waals surface area contributed by atoms with Crippen molar-refractivity contribution in [3.63, 3.8) is 0 Å². The van der Waals surface area contributed by atoms with Crippen LogP contribution in [0.5, 0.6) is 0 Å². The van der Waals surface area contributed by atoms with E-state index in [1.54, 1.807) is 7.11 Å². The Hall–Kier alpha value is -0.420. The summed E-state index contributed by atoms with van der Waals surface area (Å²) in [5.41, 5.74) is 0.207. The van der Waals surface area contributed by atoms with E-state index in [-0.39, 0.29) is 5.54 Å². The van der Waals surface area contributed by atoms with Crippen LogP contribution in [0.2, 0.25) is 0 Å². The molecule has 1 N–H and O–H groups in total. The molecule has 0 spiro atoms. The van der Waals surface area contributed by atoms with Gasteiger partial charge in [-0.1, -0.05) is 6.08 Å². The first-order chi connectivity index (χ1) is 8.60. The zero-order valence-electron chi connectivity index (χ0n) is 12.2. The third-order valence-corrected chi connectivity index (χ3v) is 3.58. The number of ether oxygens (including phenoxy) is 1. The second-order valence-corrected chi connectivity index (χ2v) is 5.57. The van der Waals surface area contributed by atoms with Gasteiger partial charge in [0.2, 0.25) is 0 Å². The lowest BCUT2D eigenvalue weighted by atomic mass is 10.0. The second-order valence-electron chi connectivity index (χ2n) is 5.57. The van der Waals surface area contributed by atoms with Crippen LogP contribution in [-0.2, 0) is 4.74 Å². The van der Waals surface area contributed by atoms with Crippen molar-refractivity contribution >= 4 is 0 Å². The summed E-state index contributed by atoms with van der Waals surface area (Å²) in [6, 6.07) is 0. The maximum atomic E-state index is 5.18. The van der Waals surface area contributed by atoms with Crippen molar-refractivity contribution in [1.29, 1.82) is 0 Å². The normalized spacial score (nSPS) is 18.2. The molecule has 0 aromatic heterocycles. The van der Waals surface area contributed by atoms with Crippen molar-refractivity contribution in [2.24, 2.45) is 0 Å². The molecule has 0 amide bonds. The molecule has 1 saturated heterocycles. The van der Waals surface area contributed by atoms with Crippen LogP contribution in [0.15, 0.2) is 12.7 Å². The van der Waals surface area contributed by atoms with Crippen LogP contribution in [0.25, 0.3) is 0 Å². The fourth-order valence-electron chi connectivity index (χ4n) is 2.56. The molecular weight excluding hydrogens is 226 g/mol. The SMILES string of the molecule is C=CCN(CCOC)CC(C)(C)N1CCNCC1. The third kappa shape index (κ3) is 5.06. The quantitative estimate of drug-likeness (QED) is 0.650.